The second kappa shape index (κ2) is 17.1. The molecule has 25 heavy (non-hydrogen) atoms. The maximum Gasteiger partial charge on any atom is -0.00235 e. The lowest BCUT2D eigenvalue weighted by Gasteiger charge is -2.04. The Kier molecular flexibility index (Phi) is 15.8. The molecule has 0 heterocycles. The molecule has 2 N–H and O–H groups in total. The van der Waals surface area contributed by atoms with E-state index in [0.717, 1.165) is 13.0 Å². The molecule has 1 unspecified atom stereocenters. The van der Waals surface area contributed by atoms with E-state index in [-0.39, 0.29) is 0 Å². The van der Waals surface area contributed by atoms with Gasteiger partial charge >= 0.3 is 0 Å². The van der Waals surface area contributed by atoms with Crippen molar-refractivity contribution in [3.63, 3.8) is 0 Å². The highest BCUT2D eigenvalue weighted by molar-refractivity contribution is 5.26. The summed E-state index contributed by atoms with van der Waals surface area (Å²) < 4.78 is 0. The Morgan fingerprint density at radius 3 is 2.48 bits per heavy atom. The van der Waals surface area contributed by atoms with E-state index in [9.17, 15) is 0 Å². The van der Waals surface area contributed by atoms with Crippen molar-refractivity contribution in [1.29, 1.82) is 0 Å². The Balaban J connectivity index is 0.000000496. The summed E-state index contributed by atoms with van der Waals surface area (Å²) in [5.74, 6) is 6.43. The molecule has 0 radical (unpaired) electrons. The van der Waals surface area contributed by atoms with Gasteiger partial charge in [0.2, 0.25) is 0 Å². The summed E-state index contributed by atoms with van der Waals surface area (Å²) in [6.07, 6.45) is 13.8. The van der Waals surface area contributed by atoms with Gasteiger partial charge in [-0.2, -0.15) is 0 Å². The summed E-state index contributed by atoms with van der Waals surface area (Å²) in [7, 11) is 0. The van der Waals surface area contributed by atoms with Crippen LogP contribution in [0.1, 0.15) is 65.4 Å². The third-order valence-electron chi connectivity index (χ3n) is 3.91. The van der Waals surface area contributed by atoms with E-state index in [2.05, 4.69) is 75.1 Å². The van der Waals surface area contributed by atoms with Gasteiger partial charge in [0.25, 0.3) is 0 Å². The molecule has 0 spiro atoms. The monoisotopic (exact) mass is 339 g/mol. The minimum atomic E-state index is 0.634. The largest absolute Gasteiger partial charge is 0.330 e. The van der Waals surface area contributed by atoms with Gasteiger partial charge < -0.3 is 5.73 Å². The average molecular weight is 340 g/mol. The van der Waals surface area contributed by atoms with Crippen LogP contribution in [-0.2, 0) is 6.42 Å². The van der Waals surface area contributed by atoms with Crippen molar-refractivity contribution in [2.45, 2.75) is 66.2 Å². The summed E-state index contributed by atoms with van der Waals surface area (Å²) in [6, 6.07) is 10.6. The minimum absolute atomic E-state index is 0.634. The predicted molar refractivity (Wildman–Crippen MR) is 113 cm³/mol. The lowest BCUT2D eigenvalue weighted by molar-refractivity contribution is 0.585. The van der Waals surface area contributed by atoms with Crippen LogP contribution in [0.4, 0.5) is 0 Å². The number of rotatable bonds is 9. The molecule has 0 saturated carbocycles. The smallest absolute Gasteiger partial charge is 0.00235 e. The van der Waals surface area contributed by atoms with Gasteiger partial charge in [-0.3, -0.25) is 0 Å². The lowest BCUT2D eigenvalue weighted by Crippen LogP contribution is -1.99. The fourth-order valence-corrected chi connectivity index (χ4v) is 2.28. The van der Waals surface area contributed by atoms with Gasteiger partial charge in [-0.1, -0.05) is 75.1 Å². The molecule has 0 aromatic heterocycles. The molecule has 0 bridgehead atoms. The molecule has 1 nitrogen and oxygen atoms in total. The van der Waals surface area contributed by atoms with E-state index in [1.54, 1.807) is 0 Å². The Bertz CT molecular complexity index is 528. The zero-order valence-corrected chi connectivity index (χ0v) is 16.7. The van der Waals surface area contributed by atoms with E-state index >= 15 is 0 Å². The quantitative estimate of drug-likeness (QED) is 0.318. The first kappa shape index (κ1) is 23.2. The van der Waals surface area contributed by atoms with Gasteiger partial charge in [0.15, 0.2) is 0 Å². The zero-order valence-electron chi connectivity index (χ0n) is 16.7. The highest BCUT2D eigenvalue weighted by Crippen LogP contribution is 2.10. The van der Waals surface area contributed by atoms with Gasteiger partial charge in [0.1, 0.15) is 0 Å². The summed E-state index contributed by atoms with van der Waals surface area (Å²) in [5, 5.41) is 0. The molecular formula is C24H37N. The molecule has 0 fully saturated rings. The molecule has 0 aliphatic heterocycles. The van der Waals surface area contributed by atoms with Crippen LogP contribution in [0.15, 0.2) is 54.1 Å². The first-order chi connectivity index (χ1) is 12.1. The second-order valence-corrected chi connectivity index (χ2v) is 6.49. The van der Waals surface area contributed by atoms with Crippen LogP contribution in [-0.4, -0.2) is 6.54 Å². The molecule has 1 aromatic carbocycles. The van der Waals surface area contributed by atoms with Gasteiger partial charge in [-0.05, 0) is 69.2 Å². The Morgan fingerprint density at radius 1 is 1.16 bits per heavy atom. The maximum atomic E-state index is 5.45. The Hall–Kier alpha value is -1.78. The van der Waals surface area contributed by atoms with Crippen molar-refractivity contribution >= 4 is 0 Å². The zero-order chi connectivity index (χ0) is 18.8. The molecule has 0 saturated heterocycles. The van der Waals surface area contributed by atoms with Gasteiger partial charge in [0.05, 0.1) is 0 Å². The van der Waals surface area contributed by atoms with E-state index < -0.39 is 0 Å². The first-order valence-corrected chi connectivity index (χ1v) is 9.65. The predicted octanol–water partition coefficient (Wildman–Crippen LogP) is 6.31. The normalized spacial score (nSPS) is 12.1. The van der Waals surface area contributed by atoms with Crippen molar-refractivity contribution < 1.29 is 0 Å². The van der Waals surface area contributed by atoms with Crippen molar-refractivity contribution in [3.8, 4) is 11.8 Å². The fourth-order valence-electron chi connectivity index (χ4n) is 2.28. The number of nitrogens with two attached hydrogens (primary N) is 1. The van der Waals surface area contributed by atoms with Crippen molar-refractivity contribution in [2.75, 3.05) is 6.54 Å². The molecule has 0 aliphatic carbocycles. The maximum absolute atomic E-state index is 5.45. The van der Waals surface area contributed by atoms with Crippen molar-refractivity contribution in [1.82, 2.24) is 0 Å². The highest BCUT2D eigenvalue weighted by Gasteiger charge is 1.95. The summed E-state index contributed by atoms with van der Waals surface area (Å²) in [5.41, 5.74) is 8.13. The molecule has 0 aliphatic rings. The topological polar surface area (TPSA) is 26.0 Å². The van der Waals surface area contributed by atoms with Crippen LogP contribution in [0.2, 0.25) is 0 Å². The number of aryl methyl sites for hydroxylation is 1. The number of allylic oxidation sites excluding steroid dienone is 4. The SMILES string of the molecule is CC#C/C=C(C)\C=C/C(C)CCCCN.CCCCc1ccccc1. The van der Waals surface area contributed by atoms with Crippen LogP contribution in [0.3, 0.4) is 0 Å². The van der Waals surface area contributed by atoms with Crippen molar-refractivity contribution in [3.05, 3.63) is 59.7 Å². The van der Waals surface area contributed by atoms with Crippen LogP contribution >= 0.6 is 0 Å². The second-order valence-electron chi connectivity index (χ2n) is 6.49. The molecule has 0 amide bonds. The molecule has 1 aromatic rings. The minimum Gasteiger partial charge on any atom is -0.330 e. The third-order valence-corrected chi connectivity index (χ3v) is 3.91. The molecular weight excluding hydrogens is 302 g/mol. The highest BCUT2D eigenvalue weighted by atomic mass is 14.5. The number of hydrogen-bond donors (Lipinski definition) is 1. The molecule has 1 atom stereocenters. The molecule has 1 heteroatoms. The summed E-state index contributed by atoms with van der Waals surface area (Å²) >= 11 is 0. The summed E-state index contributed by atoms with van der Waals surface area (Å²) in [6.45, 7) is 9.20. The lowest BCUT2D eigenvalue weighted by atomic mass is 10.0. The van der Waals surface area contributed by atoms with Crippen LogP contribution in [0.5, 0.6) is 0 Å². The third kappa shape index (κ3) is 15.5. The number of hydrogen-bond acceptors (Lipinski definition) is 1. The van der Waals surface area contributed by atoms with Gasteiger partial charge in [-0.15, -0.1) is 5.92 Å². The van der Waals surface area contributed by atoms with E-state index in [1.807, 2.05) is 13.0 Å². The van der Waals surface area contributed by atoms with E-state index in [0.29, 0.717) is 5.92 Å². The molecule has 138 valence electrons. The van der Waals surface area contributed by atoms with E-state index in [1.165, 1.54) is 43.2 Å². The first-order valence-electron chi connectivity index (χ1n) is 9.65. The van der Waals surface area contributed by atoms with E-state index in [4.69, 9.17) is 5.73 Å². The van der Waals surface area contributed by atoms with Crippen LogP contribution < -0.4 is 5.73 Å². The Morgan fingerprint density at radius 2 is 1.88 bits per heavy atom. The average Bonchev–Trinajstić information content (AvgIpc) is 2.64. The van der Waals surface area contributed by atoms with Gasteiger partial charge in [-0.25, -0.2) is 0 Å². The van der Waals surface area contributed by atoms with Gasteiger partial charge in [0, 0.05) is 0 Å². The van der Waals surface area contributed by atoms with Crippen molar-refractivity contribution in [2.24, 2.45) is 11.7 Å². The number of unbranched alkanes of at least 4 members (excludes halogenated alkanes) is 2. The fraction of sp³-hybridized carbons (Fsp3) is 0.500. The van der Waals surface area contributed by atoms with Crippen LogP contribution in [0.25, 0.3) is 0 Å². The molecule has 1 rings (SSSR count). The number of benzene rings is 1. The van der Waals surface area contributed by atoms with Crippen LogP contribution in [0, 0.1) is 17.8 Å². The Labute approximate surface area is 156 Å². The summed E-state index contributed by atoms with van der Waals surface area (Å²) in [4.78, 5) is 0. The standard InChI is InChI=1S/C14H23N.C10H14/c1-4-5-8-13(2)10-11-14(3)9-6-7-12-15;1-2-3-7-10-8-5-4-6-9-10/h8,10-11,14H,6-7,9,12,15H2,1-3H3;4-6,8-9H,2-3,7H2,1H3/b11-10-,13-8-;.